The first-order valence-corrected chi connectivity index (χ1v) is 12.0. The first-order chi connectivity index (χ1) is 18.7. The van der Waals surface area contributed by atoms with Crippen LogP contribution < -0.4 is 5.32 Å². The zero-order chi connectivity index (χ0) is 27.4. The van der Waals surface area contributed by atoms with E-state index >= 15 is 0 Å². The van der Waals surface area contributed by atoms with Crippen molar-refractivity contribution >= 4 is 22.9 Å². The van der Waals surface area contributed by atoms with E-state index in [1.165, 1.54) is 10.9 Å². The Labute approximate surface area is 223 Å². The lowest BCUT2D eigenvalue weighted by atomic mass is 10.1. The molecule has 0 aliphatic heterocycles. The maximum atomic E-state index is 13.8. The van der Waals surface area contributed by atoms with Gasteiger partial charge >= 0.3 is 6.09 Å². The number of hydrogen-bond donors (Lipinski definition) is 1. The molecule has 0 spiro atoms. The summed E-state index contributed by atoms with van der Waals surface area (Å²) < 4.78 is 20.5. The van der Waals surface area contributed by atoms with Crippen LogP contribution in [0.15, 0.2) is 67.4 Å². The lowest BCUT2D eigenvalue weighted by molar-refractivity contribution is 0.0522. The van der Waals surface area contributed by atoms with Crippen LogP contribution >= 0.6 is 0 Å². The standard InChI is InChI=1S/C28H23FN8O2/c1-28(2,3)39-27(38)37-24-7-5-18(14-20(24)16-34-37)4-6-21-9-12-31-25(35-21)23-10-13-32-26(36-23)33-15-19-8-11-30-17-22(19)29/h5,7-14,16-17H,15H2,1-3H3,(H,32,33,36). The second-order valence-corrected chi connectivity index (χ2v) is 9.41. The summed E-state index contributed by atoms with van der Waals surface area (Å²) in [5.41, 5.74) is 2.16. The molecule has 1 N–H and O–H groups in total. The molecule has 0 aliphatic rings. The zero-order valence-corrected chi connectivity index (χ0v) is 21.4. The number of benzene rings is 1. The number of carbonyl (C=O) groups excluding carboxylic acids is 1. The molecule has 0 amide bonds. The molecule has 0 unspecified atom stereocenters. The molecular formula is C28H23FN8O2. The summed E-state index contributed by atoms with van der Waals surface area (Å²) in [5, 5.41) is 7.91. The van der Waals surface area contributed by atoms with Crippen molar-refractivity contribution in [2.75, 3.05) is 5.32 Å². The SMILES string of the molecule is CC(C)(C)OC(=O)n1ncc2cc(C#Cc3ccnc(-c4ccnc(NCc5ccncc5F)n4)n3)ccc21. The fourth-order valence-electron chi connectivity index (χ4n) is 3.54. The van der Waals surface area contributed by atoms with E-state index in [9.17, 15) is 9.18 Å². The highest BCUT2D eigenvalue weighted by Crippen LogP contribution is 2.18. The van der Waals surface area contributed by atoms with Crippen LogP contribution in [-0.2, 0) is 11.3 Å². The molecule has 0 aliphatic carbocycles. The van der Waals surface area contributed by atoms with Gasteiger partial charge in [-0.2, -0.15) is 9.78 Å². The van der Waals surface area contributed by atoms with Gasteiger partial charge in [0.25, 0.3) is 0 Å². The van der Waals surface area contributed by atoms with Crippen molar-refractivity contribution in [3.05, 3.63) is 90.0 Å². The van der Waals surface area contributed by atoms with E-state index in [-0.39, 0.29) is 6.54 Å². The number of hydrogen-bond acceptors (Lipinski definition) is 9. The molecule has 4 heterocycles. The van der Waals surface area contributed by atoms with Crippen LogP contribution in [0, 0.1) is 17.7 Å². The number of aromatic nitrogens is 7. The molecule has 5 aromatic rings. The number of nitrogens with zero attached hydrogens (tertiary/aromatic N) is 7. The van der Waals surface area contributed by atoms with E-state index in [4.69, 9.17) is 4.74 Å². The summed E-state index contributed by atoms with van der Waals surface area (Å²) in [5.74, 6) is 6.39. The Morgan fingerprint density at radius 3 is 2.69 bits per heavy atom. The van der Waals surface area contributed by atoms with Gasteiger partial charge in [0.05, 0.1) is 17.9 Å². The molecule has 194 valence electrons. The number of ether oxygens (including phenoxy) is 1. The van der Waals surface area contributed by atoms with Crippen molar-refractivity contribution in [2.24, 2.45) is 0 Å². The van der Waals surface area contributed by atoms with Crippen LogP contribution in [0.2, 0.25) is 0 Å². The Bertz CT molecular complexity index is 1730. The molecule has 11 heteroatoms. The normalized spacial score (nSPS) is 11.1. The molecule has 4 aromatic heterocycles. The van der Waals surface area contributed by atoms with Gasteiger partial charge in [0, 0.05) is 41.6 Å². The number of rotatable bonds is 4. The van der Waals surface area contributed by atoms with Crippen LogP contribution in [0.25, 0.3) is 22.4 Å². The molecule has 0 fully saturated rings. The smallest absolute Gasteiger partial charge is 0.435 e. The summed E-state index contributed by atoms with van der Waals surface area (Å²) in [6, 6.07) is 10.4. The first kappa shape index (κ1) is 25.4. The minimum Gasteiger partial charge on any atom is -0.442 e. The number of nitrogens with one attached hydrogen (secondary N) is 1. The molecule has 39 heavy (non-hydrogen) atoms. The van der Waals surface area contributed by atoms with Crippen LogP contribution in [0.3, 0.4) is 0 Å². The summed E-state index contributed by atoms with van der Waals surface area (Å²) in [6.07, 6.45) is 6.90. The Hall–Kier alpha value is -5.24. The van der Waals surface area contributed by atoms with Gasteiger partial charge in [-0.3, -0.25) is 4.98 Å². The quantitative estimate of drug-likeness (QED) is 0.337. The number of pyridine rings is 1. The van der Waals surface area contributed by atoms with E-state index in [1.54, 1.807) is 69.7 Å². The van der Waals surface area contributed by atoms with Crippen molar-refractivity contribution in [3.63, 3.8) is 0 Å². The molecule has 0 bridgehead atoms. The van der Waals surface area contributed by atoms with Gasteiger partial charge in [-0.1, -0.05) is 5.92 Å². The van der Waals surface area contributed by atoms with E-state index < -0.39 is 17.5 Å². The van der Waals surface area contributed by atoms with E-state index in [1.807, 2.05) is 6.07 Å². The van der Waals surface area contributed by atoms with Gasteiger partial charge in [-0.25, -0.2) is 29.1 Å². The van der Waals surface area contributed by atoms with Crippen LogP contribution in [0.4, 0.5) is 15.1 Å². The molecule has 10 nitrogen and oxygen atoms in total. The van der Waals surface area contributed by atoms with Crippen molar-refractivity contribution in [1.29, 1.82) is 0 Å². The van der Waals surface area contributed by atoms with E-state index in [2.05, 4.69) is 47.2 Å². The van der Waals surface area contributed by atoms with Gasteiger partial charge < -0.3 is 10.1 Å². The van der Waals surface area contributed by atoms with Crippen molar-refractivity contribution in [1.82, 2.24) is 34.7 Å². The molecule has 0 saturated carbocycles. The second kappa shape index (κ2) is 10.6. The van der Waals surface area contributed by atoms with Crippen LogP contribution in [0.1, 0.15) is 37.6 Å². The molecule has 0 atom stereocenters. The Kier molecular flexibility index (Phi) is 6.93. The highest BCUT2D eigenvalue weighted by molar-refractivity contribution is 5.88. The van der Waals surface area contributed by atoms with Crippen molar-refractivity contribution in [3.8, 4) is 23.4 Å². The highest BCUT2D eigenvalue weighted by Gasteiger charge is 2.20. The molecule has 0 saturated heterocycles. The number of fused-ring (bicyclic) bond motifs is 1. The maximum absolute atomic E-state index is 13.8. The molecule has 0 radical (unpaired) electrons. The molecule has 1 aromatic carbocycles. The predicted molar refractivity (Wildman–Crippen MR) is 142 cm³/mol. The van der Waals surface area contributed by atoms with Crippen LogP contribution in [-0.4, -0.2) is 46.4 Å². The van der Waals surface area contributed by atoms with Crippen molar-refractivity contribution in [2.45, 2.75) is 32.9 Å². The van der Waals surface area contributed by atoms with Gasteiger partial charge in [0.15, 0.2) is 5.82 Å². The fraction of sp³-hybridized carbons (Fsp3) is 0.179. The lowest BCUT2D eigenvalue weighted by Gasteiger charge is -2.19. The van der Waals surface area contributed by atoms with E-state index in [0.29, 0.717) is 34.2 Å². The number of carbonyl (C=O) groups is 1. The van der Waals surface area contributed by atoms with Gasteiger partial charge in [-0.05, 0) is 63.1 Å². The maximum Gasteiger partial charge on any atom is 0.435 e. The molecule has 5 rings (SSSR count). The topological polar surface area (TPSA) is 121 Å². The Morgan fingerprint density at radius 1 is 1.03 bits per heavy atom. The fourth-order valence-corrected chi connectivity index (χ4v) is 3.54. The lowest BCUT2D eigenvalue weighted by Crippen LogP contribution is -2.27. The Morgan fingerprint density at radius 2 is 1.87 bits per heavy atom. The first-order valence-electron chi connectivity index (χ1n) is 12.0. The number of halogens is 1. The third-order valence-corrected chi connectivity index (χ3v) is 5.30. The number of anilines is 1. The minimum atomic E-state index is -0.624. The third kappa shape index (κ3) is 6.19. The summed E-state index contributed by atoms with van der Waals surface area (Å²) in [6.45, 7) is 5.60. The van der Waals surface area contributed by atoms with Crippen LogP contribution in [0.5, 0.6) is 0 Å². The third-order valence-electron chi connectivity index (χ3n) is 5.30. The summed E-state index contributed by atoms with van der Waals surface area (Å²) in [7, 11) is 0. The molecular weight excluding hydrogens is 499 g/mol. The Balaban J connectivity index is 1.32. The predicted octanol–water partition coefficient (Wildman–Crippen LogP) is 4.61. The van der Waals surface area contributed by atoms with E-state index in [0.717, 1.165) is 17.1 Å². The minimum absolute atomic E-state index is 0.200. The van der Waals surface area contributed by atoms with Gasteiger partial charge in [-0.15, -0.1) is 0 Å². The highest BCUT2D eigenvalue weighted by atomic mass is 19.1. The average Bonchev–Trinajstić information content (AvgIpc) is 3.34. The van der Waals surface area contributed by atoms with Crippen molar-refractivity contribution < 1.29 is 13.9 Å². The van der Waals surface area contributed by atoms with Gasteiger partial charge in [0.1, 0.15) is 22.8 Å². The second-order valence-electron chi connectivity index (χ2n) is 9.41. The largest absolute Gasteiger partial charge is 0.442 e. The summed E-state index contributed by atoms with van der Waals surface area (Å²) in [4.78, 5) is 33.6. The summed E-state index contributed by atoms with van der Waals surface area (Å²) >= 11 is 0. The average molecular weight is 523 g/mol. The zero-order valence-electron chi connectivity index (χ0n) is 21.4. The van der Waals surface area contributed by atoms with Gasteiger partial charge in [0.2, 0.25) is 5.95 Å². The monoisotopic (exact) mass is 522 g/mol.